The van der Waals surface area contributed by atoms with Crippen LogP contribution in [0.2, 0.25) is 0 Å². The van der Waals surface area contributed by atoms with Crippen molar-refractivity contribution in [2.75, 3.05) is 13.1 Å². The van der Waals surface area contributed by atoms with Gasteiger partial charge in [0.15, 0.2) is 0 Å². The Morgan fingerprint density at radius 2 is 1.90 bits per heavy atom. The Balaban J connectivity index is 2.03. The molecule has 0 radical (unpaired) electrons. The molecule has 2 N–H and O–H groups in total. The lowest BCUT2D eigenvalue weighted by molar-refractivity contribution is -0.138. The highest BCUT2D eigenvalue weighted by Gasteiger charge is 2.28. The summed E-state index contributed by atoms with van der Waals surface area (Å²) >= 11 is 0. The monoisotopic (exact) mass is 288 g/mol. The summed E-state index contributed by atoms with van der Waals surface area (Å²) in [5.74, 6) is 0.157. The van der Waals surface area contributed by atoms with E-state index in [-0.39, 0.29) is 11.8 Å². The van der Waals surface area contributed by atoms with E-state index in [2.05, 4.69) is 24.0 Å². The topological polar surface area (TPSA) is 46.3 Å². The molecular formula is C18H28N2O. The van der Waals surface area contributed by atoms with E-state index in [1.54, 1.807) is 0 Å². The Labute approximate surface area is 128 Å². The number of hydrogen-bond donors (Lipinski definition) is 1. The zero-order chi connectivity index (χ0) is 15.1. The van der Waals surface area contributed by atoms with Gasteiger partial charge in [-0.05, 0) is 31.7 Å². The summed E-state index contributed by atoms with van der Waals surface area (Å²) in [5.41, 5.74) is 7.09. The van der Waals surface area contributed by atoms with E-state index in [0.717, 1.165) is 25.8 Å². The zero-order valence-electron chi connectivity index (χ0n) is 13.1. The molecule has 1 unspecified atom stereocenters. The molecular weight excluding hydrogens is 260 g/mol. The molecule has 0 aliphatic heterocycles. The summed E-state index contributed by atoms with van der Waals surface area (Å²) < 4.78 is 0. The maximum atomic E-state index is 12.9. The molecule has 1 amide bonds. The highest BCUT2D eigenvalue weighted by molar-refractivity contribution is 5.79. The molecule has 0 spiro atoms. The first-order valence-corrected chi connectivity index (χ1v) is 8.30. The predicted molar refractivity (Wildman–Crippen MR) is 87.0 cm³/mol. The maximum absolute atomic E-state index is 12.9. The maximum Gasteiger partial charge on any atom is 0.227 e. The van der Waals surface area contributed by atoms with E-state index in [0.29, 0.717) is 12.6 Å². The minimum absolute atomic E-state index is 0.0886. The summed E-state index contributed by atoms with van der Waals surface area (Å²) in [7, 11) is 0. The van der Waals surface area contributed by atoms with Crippen LogP contribution in [-0.4, -0.2) is 29.9 Å². The second-order valence-corrected chi connectivity index (χ2v) is 6.04. The summed E-state index contributed by atoms with van der Waals surface area (Å²) in [6, 6.07) is 10.6. The zero-order valence-corrected chi connectivity index (χ0v) is 13.1. The molecule has 0 saturated heterocycles. The first-order chi connectivity index (χ1) is 10.3. The lowest BCUT2D eigenvalue weighted by Gasteiger charge is -2.35. The van der Waals surface area contributed by atoms with Crippen LogP contribution in [0, 0.1) is 5.92 Å². The van der Waals surface area contributed by atoms with Crippen LogP contribution in [-0.2, 0) is 11.2 Å². The molecule has 0 aromatic heterocycles. The lowest BCUT2D eigenvalue weighted by Crippen LogP contribution is -2.46. The van der Waals surface area contributed by atoms with Crippen LogP contribution < -0.4 is 5.73 Å². The van der Waals surface area contributed by atoms with Crippen LogP contribution in [0.3, 0.4) is 0 Å². The van der Waals surface area contributed by atoms with Crippen LogP contribution >= 0.6 is 0 Å². The lowest BCUT2D eigenvalue weighted by atomic mass is 9.92. The van der Waals surface area contributed by atoms with Crippen molar-refractivity contribution in [3.63, 3.8) is 0 Å². The van der Waals surface area contributed by atoms with Crippen molar-refractivity contribution >= 4 is 5.91 Å². The molecule has 1 aliphatic carbocycles. The summed E-state index contributed by atoms with van der Waals surface area (Å²) in [5, 5.41) is 0. The SMILES string of the molecule is CCN(C(=O)C(CN)Cc1ccccc1)C1CCCCC1. The second kappa shape index (κ2) is 8.18. The quantitative estimate of drug-likeness (QED) is 0.874. The van der Waals surface area contributed by atoms with Gasteiger partial charge in [0.1, 0.15) is 0 Å². The van der Waals surface area contributed by atoms with Crippen molar-refractivity contribution in [3.05, 3.63) is 35.9 Å². The van der Waals surface area contributed by atoms with Crippen LogP contribution in [0.15, 0.2) is 30.3 Å². The third-order valence-corrected chi connectivity index (χ3v) is 4.60. The van der Waals surface area contributed by atoms with Gasteiger partial charge in [-0.25, -0.2) is 0 Å². The average Bonchev–Trinajstić information content (AvgIpc) is 2.55. The van der Waals surface area contributed by atoms with Crippen LogP contribution in [0.4, 0.5) is 0 Å². The molecule has 1 aliphatic rings. The van der Waals surface area contributed by atoms with Gasteiger partial charge in [0, 0.05) is 19.1 Å². The predicted octanol–water partition coefficient (Wildman–Crippen LogP) is 2.99. The third-order valence-electron chi connectivity index (χ3n) is 4.60. The number of amides is 1. The van der Waals surface area contributed by atoms with Crippen molar-refractivity contribution in [2.45, 2.75) is 51.5 Å². The van der Waals surface area contributed by atoms with Gasteiger partial charge in [0.05, 0.1) is 5.92 Å². The summed E-state index contributed by atoms with van der Waals surface area (Å²) in [6.07, 6.45) is 6.87. The van der Waals surface area contributed by atoms with Crippen molar-refractivity contribution in [2.24, 2.45) is 11.7 Å². The molecule has 3 nitrogen and oxygen atoms in total. The normalized spacial score (nSPS) is 17.4. The van der Waals surface area contributed by atoms with Gasteiger partial charge < -0.3 is 10.6 Å². The number of benzene rings is 1. The Kier molecular flexibility index (Phi) is 6.24. The highest BCUT2D eigenvalue weighted by atomic mass is 16.2. The average molecular weight is 288 g/mol. The summed E-state index contributed by atoms with van der Waals surface area (Å²) in [6.45, 7) is 3.31. The van der Waals surface area contributed by atoms with Crippen molar-refractivity contribution < 1.29 is 4.79 Å². The first-order valence-electron chi connectivity index (χ1n) is 8.30. The van der Waals surface area contributed by atoms with Gasteiger partial charge in [-0.15, -0.1) is 0 Å². The fourth-order valence-electron chi connectivity index (χ4n) is 3.39. The van der Waals surface area contributed by atoms with Crippen LogP contribution in [0.5, 0.6) is 0 Å². The van der Waals surface area contributed by atoms with Gasteiger partial charge in [-0.2, -0.15) is 0 Å². The molecule has 0 heterocycles. The Hall–Kier alpha value is -1.35. The molecule has 3 heteroatoms. The minimum Gasteiger partial charge on any atom is -0.340 e. The molecule has 1 saturated carbocycles. The first kappa shape index (κ1) is 16.0. The van der Waals surface area contributed by atoms with E-state index in [4.69, 9.17) is 5.73 Å². The third kappa shape index (κ3) is 4.31. The molecule has 2 rings (SSSR count). The van der Waals surface area contributed by atoms with E-state index in [9.17, 15) is 4.79 Å². The van der Waals surface area contributed by atoms with Gasteiger partial charge in [0.2, 0.25) is 5.91 Å². The number of hydrogen-bond acceptors (Lipinski definition) is 2. The number of carbonyl (C=O) groups excluding carboxylic acids is 1. The summed E-state index contributed by atoms with van der Waals surface area (Å²) in [4.78, 5) is 14.9. The van der Waals surface area contributed by atoms with Crippen molar-refractivity contribution in [1.29, 1.82) is 0 Å². The van der Waals surface area contributed by atoms with Crippen LogP contribution in [0.25, 0.3) is 0 Å². The van der Waals surface area contributed by atoms with Gasteiger partial charge in [-0.3, -0.25) is 4.79 Å². The Morgan fingerprint density at radius 1 is 1.24 bits per heavy atom. The second-order valence-electron chi connectivity index (χ2n) is 6.04. The Bertz CT molecular complexity index is 426. The number of rotatable bonds is 6. The molecule has 1 aromatic rings. The minimum atomic E-state index is -0.0886. The molecule has 0 bridgehead atoms. The van der Waals surface area contributed by atoms with Gasteiger partial charge in [-0.1, -0.05) is 49.6 Å². The molecule has 1 atom stereocenters. The molecule has 116 valence electrons. The van der Waals surface area contributed by atoms with Crippen LogP contribution in [0.1, 0.15) is 44.6 Å². The van der Waals surface area contributed by atoms with Crippen molar-refractivity contribution in [1.82, 2.24) is 4.90 Å². The van der Waals surface area contributed by atoms with E-state index in [1.165, 1.54) is 24.8 Å². The van der Waals surface area contributed by atoms with E-state index < -0.39 is 0 Å². The smallest absolute Gasteiger partial charge is 0.227 e. The van der Waals surface area contributed by atoms with Gasteiger partial charge in [0.25, 0.3) is 0 Å². The number of carbonyl (C=O) groups is 1. The Morgan fingerprint density at radius 3 is 2.48 bits per heavy atom. The van der Waals surface area contributed by atoms with Crippen molar-refractivity contribution in [3.8, 4) is 0 Å². The standard InChI is InChI=1S/C18H28N2O/c1-2-20(17-11-7-4-8-12-17)18(21)16(14-19)13-15-9-5-3-6-10-15/h3,5-6,9-10,16-17H,2,4,7-8,11-14,19H2,1H3. The largest absolute Gasteiger partial charge is 0.340 e. The molecule has 21 heavy (non-hydrogen) atoms. The van der Waals surface area contributed by atoms with Gasteiger partial charge >= 0.3 is 0 Å². The van der Waals surface area contributed by atoms with E-state index in [1.807, 2.05) is 18.2 Å². The molecule has 1 fully saturated rings. The fourth-order valence-corrected chi connectivity index (χ4v) is 3.39. The fraction of sp³-hybridized carbons (Fsp3) is 0.611. The number of nitrogens with two attached hydrogens (primary N) is 1. The molecule has 1 aromatic carbocycles. The highest BCUT2D eigenvalue weighted by Crippen LogP contribution is 2.24. The number of nitrogens with zero attached hydrogens (tertiary/aromatic N) is 1. The van der Waals surface area contributed by atoms with E-state index >= 15 is 0 Å².